The summed E-state index contributed by atoms with van der Waals surface area (Å²) in [6.07, 6.45) is 0. The van der Waals surface area contributed by atoms with Crippen molar-refractivity contribution in [1.82, 2.24) is 0 Å². The zero-order chi connectivity index (χ0) is 30.8. The highest BCUT2D eigenvalue weighted by atomic mass is 32.1. The third-order valence-electron chi connectivity index (χ3n) is 7.76. The Balaban J connectivity index is 1.20. The molecule has 0 aliphatic heterocycles. The van der Waals surface area contributed by atoms with Crippen molar-refractivity contribution in [2.75, 3.05) is 0 Å². The van der Waals surface area contributed by atoms with Gasteiger partial charge in [0.25, 0.3) is 0 Å². The standard InChI is InChI=1S/C36H32O6S/c1-35(2,23-5-13-27(37)14-6-23)25-9-17-29(18-10-25)41-33(39)31-21-22-32(43-31)34(40)42-30-19-11-26(12-20-30)36(3,4)24-7-15-28(38)16-8-24/h5-22,37-38H,1-4H3. The molecular weight excluding hydrogens is 560 g/mol. The number of hydrogen-bond donors (Lipinski definition) is 2. The quantitative estimate of drug-likeness (QED) is 0.139. The maximum Gasteiger partial charge on any atom is 0.353 e. The normalized spacial score (nSPS) is 11.6. The maximum absolute atomic E-state index is 12.8. The third-order valence-corrected chi connectivity index (χ3v) is 8.80. The van der Waals surface area contributed by atoms with Crippen molar-refractivity contribution >= 4 is 23.3 Å². The van der Waals surface area contributed by atoms with Gasteiger partial charge in [0.1, 0.15) is 32.8 Å². The molecular formula is C36H32O6S. The van der Waals surface area contributed by atoms with E-state index in [0.717, 1.165) is 33.6 Å². The lowest BCUT2D eigenvalue weighted by Gasteiger charge is -2.26. The van der Waals surface area contributed by atoms with E-state index in [-0.39, 0.29) is 32.1 Å². The van der Waals surface area contributed by atoms with Crippen LogP contribution in [-0.2, 0) is 10.8 Å². The van der Waals surface area contributed by atoms with E-state index in [2.05, 4.69) is 27.7 Å². The topological polar surface area (TPSA) is 93.1 Å². The molecule has 0 atom stereocenters. The van der Waals surface area contributed by atoms with Gasteiger partial charge in [-0.3, -0.25) is 0 Å². The van der Waals surface area contributed by atoms with Gasteiger partial charge in [-0.25, -0.2) is 9.59 Å². The fourth-order valence-electron chi connectivity index (χ4n) is 4.84. The minimum atomic E-state index is -0.560. The number of hydrogen-bond acceptors (Lipinski definition) is 7. The SMILES string of the molecule is CC(C)(c1ccc(O)cc1)c1ccc(OC(=O)c2ccc(C(=O)Oc3ccc(C(C)(C)c4ccc(O)cc4)cc3)s2)cc1. The number of phenolic OH excluding ortho intramolecular Hbond substituents is 2. The average molecular weight is 593 g/mol. The van der Waals surface area contributed by atoms with Gasteiger partial charge in [0.05, 0.1) is 0 Å². The molecule has 5 rings (SSSR count). The van der Waals surface area contributed by atoms with Crippen molar-refractivity contribution in [2.45, 2.75) is 38.5 Å². The highest BCUT2D eigenvalue weighted by molar-refractivity contribution is 7.15. The van der Waals surface area contributed by atoms with Crippen LogP contribution < -0.4 is 9.47 Å². The summed E-state index contributed by atoms with van der Waals surface area (Å²) in [5.74, 6) is 0.0950. The van der Waals surface area contributed by atoms with Crippen molar-refractivity contribution in [3.8, 4) is 23.0 Å². The summed E-state index contributed by atoms with van der Waals surface area (Å²) in [6.45, 7) is 8.33. The first-order valence-electron chi connectivity index (χ1n) is 13.8. The number of carbonyl (C=O) groups is 2. The van der Waals surface area contributed by atoms with Crippen molar-refractivity contribution in [2.24, 2.45) is 0 Å². The summed E-state index contributed by atoms with van der Waals surface area (Å²) in [5.41, 5.74) is 3.50. The molecule has 0 bridgehead atoms. The van der Waals surface area contributed by atoms with E-state index in [1.807, 2.05) is 48.5 Å². The van der Waals surface area contributed by atoms with Crippen LogP contribution in [0.1, 0.15) is 69.3 Å². The van der Waals surface area contributed by atoms with Gasteiger partial charge in [0.2, 0.25) is 0 Å². The summed E-state index contributed by atoms with van der Waals surface area (Å²) >= 11 is 1.01. The Morgan fingerprint density at radius 1 is 0.488 bits per heavy atom. The minimum Gasteiger partial charge on any atom is -0.508 e. The second kappa shape index (κ2) is 11.8. The van der Waals surface area contributed by atoms with Gasteiger partial charge in [-0.05, 0) is 82.9 Å². The summed E-state index contributed by atoms with van der Waals surface area (Å²) in [7, 11) is 0. The third kappa shape index (κ3) is 6.47. The first-order valence-corrected chi connectivity index (χ1v) is 14.6. The first-order chi connectivity index (χ1) is 20.4. The molecule has 0 aliphatic rings. The molecule has 0 saturated heterocycles. The van der Waals surface area contributed by atoms with Crippen LogP contribution in [0.4, 0.5) is 0 Å². The fraction of sp³-hybridized carbons (Fsp3) is 0.167. The van der Waals surface area contributed by atoms with Crippen molar-refractivity contribution < 1.29 is 29.3 Å². The molecule has 1 aromatic heterocycles. The molecule has 0 radical (unpaired) electrons. The molecule has 5 aromatic rings. The summed E-state index contributed by atoms with van der Waals surface area (Å²) < 4.78 is 11.1. The minimum absolute atomic E-state index is 0.216. The van der Waals surface area contributed by atoms with Gasteiger partial charge in [-0.1, -0.05) is 76.2 Å². The van der Waals surface area contributed by atoms with Gasteiger partial charge < -0.3 is 19.7 Å². The van der Waals surface area contributed by atoms with E-state index < -0.39 is 11.9 Å². The number of carbonyl (C=O) groups excluding carboxylic acids is 2. The van der Waals surface area contributed by atoms with E-state index in [0.29, 0.717) is 11.5 Å². The van der Waals surface area contributed by atoms with Gasteiger partial charge in [0, 0.05) is 10.8 Å². The molecule has 7 heteroatoms. The molecule has 0 amide bonds. The van der Waals surface area contributed by atoms with E-state index in [9.17, 15) is 19.8 Å². The zero-order valence-corrected chi connectivity index (χ0v) is 25.1. The summed E-state index contributed by atoms with van der Waals surface area (Å²) in [4.78, 5) is 26.2. The van der Waals surface area contributed by atoms with Crippen LogP contribution in [0.15, 0.2) is 109 Å². The van der Waals surface area contributed by atoms with Crippen LogP contribution in [0, 0.1) is 0 Å². The molecule has 0 saturated carbocycles. The van der Waals surface area contributed by atoms with Gasteiger partial charge in [0.15, 0.2) is 0 Å². The lowest BCUT2D eigenvalue weighted by atomic mass is 9.78. The Morgan fingerprint density at radius 3 is 1.07 bits per heavy atom. The molecule has 0 spiro atoms. The molecule has 218 valence electrons. The number of rotatable bonds is 8. The van der Waals surface area contributed by atoms with Crippen LogP contribution in [-0.4, -0.2) is 22.2 Å². The number of phenols is 2. The molecule has 43 heavy (non-hydrogen) atoms. The van der Waals surface area contributed by atoms with E-state index in [4.69, 9.17) is 9.47 Å². The highest BCUT2D eigenvalue weighted by Gasteiger charge is 2.25. The van der Waals surface area contributed by atoms with Gasteiger partial charge in [-0.2, -0.15) is 0 Å². The van der Waals surface area contributed by atoms with Crippen LogP contribution in [0.3, 0.4) is 0 Å². The van der Waals surface area contributed by atoms with Crippen LogP contribution in [0.2, 0.25) is 0 Å². The number of thiophene rings is 1. The largest absolute Gasteiger partial charge is 0.508 e. The second-order valence-electron chi connectivity index (χ2n) is 11.3. The lowest BCUT2D eigenvalue weighted by molar-refractivity contribution is 0.0732. The molecule has 6 nitrogen and oxygen atoms in total. The molecule has 0 fully saturated rings. The highest BCUT2D eigenvalue weighted by Crippen LogP contribution is 2.35. The van der Waals surface area contributed by atoms with Crippen molar-refractivity contribution in [3.05, 3.63) is 141 Å². The molecule has 2 N–H and O–H groups in total. The number of ether oxygens (including phenoxy) is 2. The van der Waals surface area contributed by atoms with E-state index in [1.54, 1.807) is 60.7 Å². The fourth-order valence-corrected chi connectivity index (χ4v) is 5.60. The smallest absolute Gasteiger partial charge is 0.353 e. The Hall–Kier alpha value is -4.88. The maximum atomic E-state index is 12.8. The summed E-state index contributed by atoms with van der Waals surface area (Å²) in [5, 5.41) is 19.2. The van der Waals surface area contributed by atoms with Gasteiger partial charge >= 0.3 is 11.9 Å². The number of aromatic hydroxyl groups is 2. The van der Waals surface area contributed by atoms with Crippen LogP contribution in [0.5, 0.6) is 23.0 Å². The Bertz CT molecular complexity index is 1600. The van der Waals surface area contributed by atoms with Crippen molar-refractivity contribution in [1.29, 1.82) is 0 Å². The molecule has 0 unspecified atom stereocenters. The second-order valence-corrected chi connectivity index (χ2v) is 12.4. The number of benzene rings is 4. The predicted molar refractivity (Wildman–Crippen MR) is 168 cm³/mol. The monoisotopic (exact) mass is 592 g/mol. The summed E-state index contributed by atoms with van der Waals surface area (Å²) in [6, 6.07) is 31.9. The average Bonchev–Trinajstić information content (AvgIpc) is 3.49. The Morgan fingerprint density at radius 2 is 0.767 bits per heavy atom. The predicted octanol–water partition coefficient (Wildman–Crippen LogP) is 8.25. The Labute approximate surface area is 254 Å². The zero-order valence-electron chi connectivity index (χ0n) is 24.3. The molecule has 0 aliphatic carbocycles. The van der Waals surface area contributed by atoms with Gasteiger partial charge in [-0.15, -0.1) is 11.3 Å². The van der Waals surface area contributed by atoms with Crippen molar-refractivity contribution in [3.63, 3.8) is 0 Å². The molecule has 1 heterocycles. The van der Waals surface area contributed by atoms with E-state index >= 15 is 0 Å². The van der Waals surface area contributed by atoms with E-state index in [1.165, 1.54) is 0 Å². The molecule has 4 aromatic carbocycles. The van der Waals surface area contributed by atoms with Crippen LogP contribution in [0.25, 0.3) is 0 Å². The Kier molecular flexibility index (Phi) is 8.11. The lowest BCUT2D eigenvalue weighted by Crippen LogP contribution is -2.18. The van der Waals surface area contributed by atoms with Crippen LogP contribution >= 0.6 is 11.3 Å². The first kappa shape index (κ1) is 29.6. The number of esters is 2.